The number of nitrogens with zero attached hydrogens (tertiary/aromatic N) is 2. The van der Waals surface area contributed by atoms with Gasteiger partial charge < -0.3 is 9.30 Å². The van der Waals surface area contributed by atoms with Crippen molar-refractivity contribution in [3.8, 4) is 5.69 Å². The highest BCUT2D eigenvalue weighted by atomic mass is 16.5. The summed E-state index contributed by atoms with van der Waals surface area (Å²) >= 11 is 0. The summed E-state index contributed by atoms with van der Waals surface area (Å²) in [6.07, 6.45) is 1.72. The summed E-state index contributed by atoms with van der Waals surface area (Å²) in [6.45, 7) is 4.17. The molecule has 0 fully saturated rings. The average Bonchev–Trinajstić information content (AvgIpc) is 2.83. The third kappa shape index (κ3) is 2.40. The lowest BCUT2D eigenvalue weighted by Gasteiger charge is -2.08. The highest BCUT2D eigenvalue weighted by molar-refractivity contribution is 5.93. The van der Waals surface area contributed by atoms with Gasteiger partial charge in [0, 0.05) is 16.8 Å². The number of para-hydroxylation sites is 1. The fourth-order valence-corrected chi connectivity index (χ4v) is 2.48. The molecule has 2 aromatic heterocycles. The van der Waals surface area contributed by atoms with Crippen LogP contribution in [-0.4, -0.2) is 22.1 Å². The Balaban J connectivity index is 2.12. The van der Waals surface area contributed by atoms with Crippen molar-refractivity contribution in [3.05, 3.63) is 60.0 Å². The van der Waals surface area contributed by atoms with Crippen LogP contribution in [-0.2, 0) is 4.74 Å². The van der Waals surface area contributed by atoms with Gasteiger partial charge in [-0.15, -0.1) is 0 Å². The van der Waals surface area contributed by atoms with Crippen LogP contribution in [0.15, 0.2) is 48.7 Å². The molecule has 21 heavy (non-hydrogen) atoms. The van der Waals surface area contributed by atoms with E-state index in [1.165, 1.54) is 0 Å². The zero-order valence-corrected chi connectivity index (χ0v) is 12.0. The predicted octanol–water partition coefficient (Wildman–Crippen LogP) is 3.51. The normalized spacial score (nSPS) is 10.8. The van der Waals surface area contributed by atoms with Crippen LogP contribution in [0.4, 0.5) is 0 Å². The summed E-state index contributed by atoms with van der Waals surface area (Å²) in [5, 5.41) is 0.981. The van der Waals surface area contributed by atoms with Crippen molar-refractivity contribution in [1.82, 2.24) is 9.55 Å². The van der Waals surface area contributed by atoms with Crippen LogP contribution < -0.4 is 0 Å². The van der Waals surface area contributed by atoms with Crippen molar-refractivity contribution in [2.45, 2.75) is 13.8 Å². The number of carbonyl (C=O) groups is 1. The Morgan fingerprint density at radius 1 is 1.24 bits per heavy atom. The van der Waals surface area contributed by atoms with Crippen LogP contribution in [0.2, 0.25) is 0 Å². The molecule has 0 bridgehead atoms. The minimum Gasteiger partial charge on any atom is -0.461 e. The first-order chi connectivity index (χ1) is 10.2. The smallest absolute Gasteiger partial charge is 0.356 e. The molecule has 2 heterocycles. The fraction of sp³-hybridized carbons (Fsp3) is 0.176. The first-order valence-corrected chi connectivity index (χ1v) is 6.91. The number of hydrogen-bond acceptors (Lipinski definition) is 3. The summed E-state index contributed by atoms with van der Waals surface area (Å²) in [4.78, 5) is 16.0. The number of rotatable bonds is 3. The van der Waals surface area contributed by atoms with Gasteiger partial charge in [0.1, 0.15) is 5.69 Å². The zero-order valence-electron chi connectivity index (χ0n) is 12.0. The largest absolute Gasteiger partial charge is 0.461 e. The van der Waals surface area contributed by atoms with E-state index in [1.54, 1.807) is 19.2 Å². The number of carbonyl (C=O) groups excluding carboxylic acids is 1. The quantitative estimate of drug-likeness (QED) is 0.690. The van der Waals surface area contributed by atoms with Crippen molar-refractivity contribution in [2.24, 2.45) is 0 Å². The van der Waals surface area contributed by atoms with Gasteiger partial charge in [-0.1, -0.05) is 18.2 Å². The summed E-state index contributed by atoms with van der Waals surface area (Å²) < 4.78 is 7.11. The second-order valence-electron chi connectivity index (χ2n) is 4.81. The van der Waals surface area contributed by atoms with E-state index < -0.39 is 0 Å². The van der Waals surface area contributed by atoms with Crippen molar-refractivity contribution in [1.29, 1.82) is 0 Å². The summed E-state index contributed by atoms with van der Waals surface area (Å²) in [5.41, 5.74) is 3.50. The maximum Gasteiger partial charge on any atom is 0.356 e. The molecule has 0 radical (unpaired) electrons. The summed E-state index contributed by atoms with van der Waals surface area (Å²) in [5.74, 6) is -0.385. The van der Waals surface area contributed by atoms with Crippen LogP contribution in [0.3, 0.4) is 0 Å². The van der Waals surface area contributed by atoms with Gasteiger partial charge >= 0.3 is 5.97 Å². The first kappa shape index (κ1) is 13.4. The van der Waals surface area contributed by atoms with E-state index in [0.717, 1.165) is 22.3 Å². The Hall–Kier alpha value is -2.62. The number of esters is 1. The Bertz CT molecular complexity index is 791. The molecule has 106 valence electrons. The number of ether oxygens (including phenoxy) is 1. The molecule has 0 saturated carbocycles. The van der Waals surface area contributed by atoms with Crippen molar-refractivity contribution < 1.29 is 9.53 Å². The van der Waals surface area contributed by atoms with E-state index in [0.29, 0.717) is 12.3 Å². The van der Waals surface area contributed by atoms with Gasteiger partial charge in [0.15, 0.2) is 0 Å². The van der Waals surface area contributed by atoms with E-state index in [-0.39, 0.29) is 5.97 Å². The summed E-state index contributed by atoms with van der Waals surface area (Å²) in [7, 11) is 0. The summed E-state index contributed by atoms with van der Waals surface area (Å²) in [6, 6.07) is 13.9. The predicted molar refractivity (Wildman–Crippen MR) is 81.8 cm³/mol. The molecule has 1 aromatic carbocycles. The Morgan fingerprint density at radius 2 is 2.00 bits per heavy atom. The second-order valence-corrected chi connectivity index (χ2v) is 4.81. The first-order valence-electron chi connectivity index (χ1n) is 6.91. The topological polar surface area (TPSA) is 44.1 Å². The molecule has 0 aliphatic carbocycles. The van der Waals surface area contributed by atoms with Crippen molar-refractivity contribution >= 4 is 16.9 Å². The monoisotopic (exact) mass is 280 g/mol. The molecule has 0 N–H and O–H groups in total. The Kier molecular flexibility index (Phi) is 3.44. The van der Waals surface area contributed by atoms with Gasteiger partial charge in [0.2, 0.25) is 0 Å². The minimum atomic E-state index is -0.385. The number of hydrogen-bond donors (Lipinski definition) is 0. The van der Waals surface area contributed by atoms with Crippen molar-refractivity contribution in [2.75, 3.05) is 6.61 Å². The molecule has 4 nitrogen and oxygen atoms in total. The number of aryl methyl sites for hydroxylation is 1. The molecule has 0 saturated heterocycles. The molecule has 4 heteroatoms. The SMILES string of the molecule is CCOC(=O)c1cc2cc(C)n(-c3ccccc3)c2cn1. The van der Waals surface area contributed by atoms with Crippen molar-refractivity contribution in [3.63, 3.8) is 0 Å². The number of pyridine rings is 1. The number of fused-ring (bicyclic) bond motifs is 1. The standard InChI is InChI=1S/C17H16N2O2/c1-3-21-17(20)15-10-13-9-12(2)19(16(13)11-18-15)14-7-5-4-6-8-14/h4-11H,3H2,1-2H3. The van der Waals surface area contributed by atoms with Gasteiger partial charge in [-0.2, -0.15) is 0 Å². The molecule has 3 rings (SSSR count). The maximum atomic E-state index is 11.8. The molecule has 0 atom stereocenters. The van der Waals surface area contributed by atoms with E-state index >= 15 is 0 Å². The van der Waals surface area contributed by atoms with E-state index in [2.05, 4.69) is 9.55 Å². The zero-order chi connectivity index (χ0) is 14.8. The van der Waals surface area contributed by atoms with Crippen LogP contribution in [0, 0.1) is 6.92 Å². The highest BCUT2D eigenvalue weighted by Gasteiger charge is 2.13. The lowest BCUT2D eigenvalue weighted by molar-refractivity contribution is 0.0520. The minimum absolute atomic E-state index is 0.342. The van der Waals surface area contributed by atoms with Crippen LogP contribution in [0.25, 0.3) is 16.6 Å². The lowest BCUT2D eigenvalue weighted by atomic mass is 10.2. The molecule has 0 aliphatic rings. The van der Waals surface area contributed by atoms with Gasteiger partial charge in [-0.25, -0.2) is 9.78 Å². The Morgan fingerprint density at radius 3 is 2.71 bits per heavy atom. The third-order valence-corrected chi connectivity index (χ3v) is 3.37. The fourth-order valence-electron chi connectivity index (χ4n) is 2.48. The van der Waals surface area contributed by atoms with E-state index in [9.17, 15) is 4.79 Å². The van der Waals surface area contributed by atoms with Gasteiger partial charge in [0.05, 0.1) is 18.3 Å². The number of benzene rings is 1. The molecule has 0 unspecified atom stereocenters. The van der Waals surface area contributed by atoms with Gasteiger partial charge in [-0.05, 0) is 38.1 Å². The maximum absolute atomic E-state index is 11.8. The van der Waals surface area contributed by atoms with E-state index in [4.69, 9.17) is 4.74 Å². The molecule has 0 aliphatic heterocycles. The third-order valence-electron chi connectivity index (χ3n) is 3.37. The molecule has 3 aromatic rings. The number of aromatic nitrogens is 2. The highest BCUT2D eigenvalue weighted by Crippen LogP contribution is 2.24. The second kappa shape index (κ2) is 5.40. The molecule has 0 spiro atoms. The molecular weight excluding hydrogens is 264 g/mol. The van der Waals surface area contributed by atoms with Crippen LogP contribution >= 0.6 is 0 Å². The molecule has 0 amide bonds. The lowest BCUT2D eigenvalue weighted by Crippen LogP contribution is -2.06. The Labute approximate surface area is 123 Å². The van der Waals surface area contributed by atoms with Gasteiger partial charge in [0.25, 0.3) is 0 Å². The van der Waals surface area contributed by atoms with Crippen LogP contribution in [0.1, 0.15) is 23.1 Å². The van der Waals surface area contributed by atoms with Crippen LogP contribution in [0.5, 0.6) is 0 Å². The molecular formula is C17H16N2O2. The van der Waals surface area contributed by atoms with E-state index in [1.807, 2.05) is 43.3 Å². The average molecular weight is 280 g/mol. The van der Waals surface area contributed by atoms with Gasteiger partial charge in [-0.3, -0.25) is 0 Å².